The fourth-order valence-corrected chi connectivity index (χ4v) is 2.62. The largest absolute Gasteiger partial charge is 0.549 e. The summed E-state index contributed by atoms with van der Waals surface area (Å²) in [5, 5.41) is 18.3. The van der Waals surface area contributed by atoms with Crippen LogP contribution in [0.25, 0.3) is 11.5 Å². The molecule has 0 saturated heterocycles. The third-order valence-corrected chi connectivity index (χ3v) is 3.83. The Morgan fingerprint density at radius 2 is 2.27 bits per heavy atom. The number of rotatable bonds is 6. The zero-order valence-electron chi connectivity index (χ0n) is 11.4. The van der Waals surface area contributed by atoms with Crippen molar-refractivity contribution in [2.45, 2.75) is 11.7 Å². The number of carbonyl (C=O) groups is 1. The van der Waals surface area contributed by atoms with Gasteiger partial charge in [0.1, 0.15) is 18.0 Å². The summed E-state index contributed by atoms with van der Waals surface area (Å²) in [4.78, 5) is 15.0. The van der Waals surface area contributed by atoms with Gasteiger partial charge < -0.3 is 14.3 Å². The molecule has 0 spiro atoms. The lowest BCUT2D eigenvalue weighted by molar-refractivity contribution is -0.716. The summed E-state index contributed by atoms with van der Waals surface area (Å²) in [6.07, 6.45) is 3.27. The quantitative estimate of drug-likeness (QED) is 0.517. The predicted molar refractivity (Wildman–Crippen MR) is 75.6 cm³/mol. The van der Waals surface area contributed by atoms with Crippen molar-refractivity contribution < 1.29 is 18.9 Å². The van der Waals surface area contributed by atoms with E-state index in [0.29, 0.717) is 23.2 Å². The minimum Gasteiger partial charge on any atom is -0.549 e. The minimum absolute atomic E-state index is 0.176. The van der Waals surface area contributed by atoms with E-state index in [1.807, 2.05) is 28.8 Å². The lowest BCUT2D eigenvalue weighted by atomic mass is 10.3. The van der Waals surface area contributed by atoms with Crippen LogP contribution in [0.4, 0.5) is 0 Å². The van der Waals surface area contributed by atoms with Crippen molar-refractivity contribution in [2.75, 3.05) is 5.75 Å². The monoisotopic (exact) mass is 316 g/mol. The molecular formula is C14H12N4O3S. The summed E-state index contributed by atoms with van der Waals surface area (Å²) in [5.41, 5.74) is 0.710. The number of nitrogens with zero attached hydrogens (tertiary/aromatic N) is 3. The van der Waals surface area contributed by atoms with Gasteiger partial charge in [-0.15, -0.1) is 5.10 Å². The molecule has 3 rings (SSSR count). The lowest BCUT2D eigenvalue weighted by Crippen LogP contribution is -2.38. The van der Waals surface area contributed by atoms with Gasteiger partial charge in [0.15, 0.2) is 0 Å². The van der Waals surface area contributed by atoms with E-state index < -0.39 is 5.97 Å². The molecule has 0 atom stereocenters. The highest BCUT2D eigenvalue weighted by molar-refractivity contribution is 7.99. The number of hydrogen-bond donors (Lipinski definition) is 1. The first kappa shape index (κ1) is 14.3. The number of thioether (sulfide) groups is 1. The van der Waals surface area contributed by atoms with Crippen molar-refractivity contribution >= 4 is 17.7 Å². The van der Waals surface area contributed by atoms with Crippen LogP contribution in [0.2, 0.25) is 0 Å². The van der Waals surface area contributed by atoms with Gasteiger partial charge in [-0.1, -0.05) is 6.07 Å². The highest BCUT2D eigenvalue weighted by Gasteiger charge is 2.23. The molecule has 22 heavy (non-hydrogen) atoms. The van der Waals surface area contributed by atoms with E-state index in [1.54, 1.807) is 18.5 Å². The average Bonchev–Trinajstić information content (AvgIpc) is 3.16. The van der Waals surface area contributed by atoms with E-state index >= 15 is 0 Å². The molecule has 0 radical (unpaired) electrons. The highest BCUT2D eigenvalue weighted by Crippen LogP contribution is 2.16. The van der Waals surface area contributed by atoms with Gasteiger partial charge in [0.2, 0.25) is 0 Å². The molecule has 0 aliphatic carbocycles. The topological polar surface area (TPSA) is 98.7 Å². The van der Waals surface area contributed by atoms with Gasteiger partial charge in [-0.2, -0.15) is 0 Å². The molecule has 0 saturated carbocycles. The zero-order chi connectivity index (χ0) is 15.4. The van der Waals surface area contributed by atoms with Gasteiger partial charge in [-0.05, 0) is 36.0 Å². The number of furan rings is 1. The molecule has 0 aliphatic rings. The summed E-state index contributed by atoms with van der Waals surface area (Å²) in [6, 6.07) is 9.18. The number of carboxylic acids is 1. The maximum Gasteiger partial charge on any atom is 0.337 e. The summed E-state index contributed by atoms with van der Waals surface area (Å²) < 4.78 is 7.19. The van der Waals surface area contributed by atoms with Crippen LogP contribution in [0.15, 0.2) is 52.4 Å². The van der Waals surface area contributed by atoms with Crippen LogP contribution >= 0.6 is 11.8 Å². The Morgan fingerprint density at radius 1 is 1.36 bits per heavy atom. The van der Waals surface area contributed by atoms with E-state index in [9.17, 15) is 9.90 Å². The SMILES string of the molecule is O=C([O-])CSc1n[nH]c(-c2ccccn2)[n+]1Cc1ccco1. The molecule has 0 aromatic carbocycles. The second kappa shape index (κ2) is 6.44. The van der Waals surface area contributed by atoms with Crippen LogP contribution in [0.3, 0.4) is 0 Å². The van der Waals surface area contributed by atoms with E-state index in [-0.39, 0.29) is 5.75 Å². The van der Waals surface area contributed by atoms with Gasteiger partial charge in [-0.25, -0.2) is 9.55 Å². The highest BCUT2D eigenvalue weighted by atomic mass is 32.2. The van der Waals surface area contributed by atoms with E-state index in [0.717, 1.165) is 17.5 Å². The van der Waals surface area contributed by atoms with Crippen molar-refractivity contribution in [3.63, 3.8) is 0 Å². The van der Waals surface area contributed by atoms with Gasteiger partial charge >= 0.3 is 5.16 Å². The fourth-order valence-electron chi connectivity index (χ4n) is 1.95. The Balaban J connectivity index is 1.97. The fraction of sp³-hybridized carbons (Fsp3) is 0.143. The van der Waals surface area contributed by atoms with E-state index in [2.05, 4.69) is 15.2 Å². The van der Waals surface area contributed by atoms with Gasteiger partial charge in [0.25, 0.3) is 5.82 Å². The van der Waals surface area contributed by atoms with E-state index in [4.69, 9.17) is 4.42 Å². The molecule has 0 amide bonds. The van der Waals surface area contributed by atoms with Gasteiger partial charge in [0.05, 0.1) is 17.3 Å². The number of H-pyrrole nitrogens is 1. The first-order chi connectivity index (χ1) is 10.7. The van der Waals surface area contributed by atoms with Crippen LogP contribution in [0, 0.1) is 0 Å². The van der Waals surface area contributed by atoms with Crippen LogP contribution in [0.1, 0.15) is 5.76 Å². The number of aliphatic carboxylic acids is 1. The summed E-state index contributed by atoms with van der Waals surface area (Å²) in [7, 11) is 0. The lowest BCUT2D eigenvalue weighted by Gasteiger charge is -2.02. The second-order valence-electron chi connectivity index (χ2n) is 4.40. The molecule has 112 valence electrons. The summed E-state index contributed by atoms with van der Waals surface area (Å²) in [6.45, 7) is 0.421. The normalized spacial score (nSPS) is 10.7. The molecule has 8 heteroatoms. The zero-order valence-corrected chi connectivity index (χ0v) is 12.2. The second-order valence-corrected chi connectivity index (χ2v) is 5.34. The Morgan fingerprint density at radius 3 is 2.95 bits per heavy atom. The molecule has 1 N–H and O–H groups in total. The Kier molecular flexibility index (Phi) is 4.19. The molecule has 0 unspecified atom stereocenters. The molecule has 7 nitrogen and oxygen atoms in total. The maximum absolute atomic E-state index is 10.7. The molecule has 0 fully saturated rings. The molecular weight excluding hydrogens is 304 g/mol. The molecule has 3 aromatic rings. The van der Waals surface area contributed by atoms with Crippen molar-refractivity contribution in [1.82, 2.24) is 15.2 Å². The number of hydrogen-bond acceptors (Lipinski definition) is 6. The van der Waals surface area contributed by atoms with Crippen LogP contribution in [-0.2, 0) is 11.3 Å². The summed E-state index contributed by atoms with van der Waals surface area (Å²) >= 11 is 1.08. The summed E-state index contributed by atoms with van der Waals surface area (Å²) in [5.74, 6) is 0.0960. The van der Waals surface area contributed by atoms with Crippen LogP contribution in [-0.4, -0.2) is 26.9 Å². The predicted octanol–water partition coefficient (Wildman–Crippen LogP) is 0.242. The number of carbonyl (C=O) groups excluding carboxylic acids is 1. The van der Waals surface area contributed by atoms with Crippen molar-refractivity contribution in [2.24, 2.45) is 0 Å². The Bertz CT molecular complexity index is 756. The molecule has 3 aromatic heterocycles. The number of aromatic nitrogens is 4. The first-order valence-corrected chi connectivity index (χ1v) is 7.47. The Labute approximate surface area is 130 Å². The Hall–Kier alpha value is -2.61. The number of aromatic amines is 1. The van der Waals surface area contributed by atoms with Crippen LogP contribution < -0.4 is 9.67 Å². The van der Waals surface area contributed by atoms with Gasteiger partial charge in [0, 0.05) is 11.9 Å². The number of nitrogens with one attached hydrogen (secondary N) is 1. The van der Waals surface area contributed by atoms with Crippen molar-refractivity contribution in [3.05, 3.63) is 48.6 Å². The first-order valence-electron chi connectivity index (χ1n) is 6.48. The van der Waals surface area contributed by atoms with Crippen LogP contribution in [0.5, 0.6) is 0 Å². The third-order valence-electron chi connectivity index (χ3n) is 2.88. The molecule has 0 bridgehead atoms. The maximum atomic E-state index is 10.7. The van der Waals surface area contributed by atoms with Gasteiger partial charge in [-0.3, -0.25) is 0 Å². The third kappa shape index (κ3) is 3.17. The van der Waals surface area contributed by atoms with E-state index in [1.165, 1.54) is 0 Å². The number of carboxylic acid groups (broad SMARTS) is 1. The van der Waals surface area contributed by atoms with Crippen molar-refractivity contribution in [1.29, 1.82) is 0 Å². The minimum atomic E-state index is -1.14. The smallest absolute Gasteiger partial charge is 0.337 e. The molecule has 3 heterocycles. The average molecular weight is 316 g/mol. The molecule has 0 aliphatic heterocycles. The number of pyridine rings is 1. The standard InChI is InChI=1S/C14H12N4O3S/c19-12(20)9-22-14-17-16-13(11-5-1-2-6-15-11)18(14)8-10-4-3-7-21-10/h1-7H,8-9H2,(H,19,20). The van der Waals surface area contributed by atoms with Crippen molar-refractivity contribution in [3.8, 4) is 11.5 Å².